The van der Waals surface area contributed by atoms with E-state index in [-0.39, 0.29) is 12.3 Å². The highest BCUT2D eigenvalue weighted by Crippen LogP contribution is 2.24. The van der Waals surface area contributed by atoms with Gasteiger partial charge in [0.1, 0.15) is 11.6 Å². The number of nitrogen functional groups attached to an aromatic ring is 1. The molecule has 0 aromatic heterocycles. The van der Waals surface area contributed by atoms with E-state index in [0.717, 1.165) is 10.5 Å². The molecule has 0 spiro atoms. The lowest BCUT2D eigenvalue weighted by Gasteiger charge is -2.10. The number of anilines is 2. The average molecular weight is 339 g/mol. The van der Waals surface area contributed by atoms with Crippen molar-refractivity contribution in [1.82, 2.24) is 0 Å². The Hall–Kier alpha value is -2.08. The van der Waals surface area contributed by atoms with Crippen molar-refractivity contribution in [1.29, 1.82) is 0 Å². The van der Waals surface area contributed by atoms with Crippen molar-refractivity contribution < 1.29 is 13.9 Å². The summed E-state index contributed by atoms with van der Waals surface area (Å²) in [5.41, 5.74) is 6.16. The predicted octanol–water partition coefficient (Wildman–Crippen LogP) is 3.19. The van der Waals surface area contributed by atoms with Gasteiger partial charge in [-0.15, -0.1) is 0 Å². The van der Waals surface area contributed by atoms with Crippen molar-refractivity contribution >= 4 is 33.2 Å². The Morgan fingerprint density at radius 1 is 1.30 bits per heavy atom. The molecule has 0 atom stereocenters. The zero-order chi connectivity index (χ0) is 14.5. The molecule has 20 heavy (non-hydrogen) atoms. The first kappa shape index (κ1) is 14.3. The molecule has 0 radical (unpaired) electrons. The monoisotopic (exact) mass is 338 g/mol. The second-order valence-corrected chi connectivity index (χ2v) is 4.85. The molecule has 0 saturated heterocycles. The van der Waals surface area contributed by atoms with Crippen LogP contribution in [0.15, 0.2) is 46.9 Å². The predicted molar refractivity (Wildman–Crippen MR) is 79.1 cm³/mol. The first-order valence-corrected chi connectivity index (χ1v) is 6.58. The highest BCUT2D eigenvalue weighted by molar-refractivity contribution is 9.10. The molecule has 2 aromatic carbocycles. The van der Waals surface area contributed by atoms with E-state index < -0.39 is 11.7 Å². The van der Waals surface area contributed by atoms with Crippen LogP contribution in [0.5, 0.6) is 5.75 Å². The van der Waals surface area contributed by atoms with Gasteiger partial charge in [0.15, 0.2) is 6.61 Å². The minimum absolute atomic E-state index is 0.196. The molecule has 2 rings (SSSR count). The maximum Gasteiger partial charge on any atom is 0.262 e. The van der Waals surface area contributed by atoms with E-state index in [2.05, 4.69) is 21.2 Å². The van der Waals surface area contributed by atoms with E-state index in [9.17, 15) is 9.18 Å². The fraction of sp³-hybridized carbons (Fsp3) is 0.0714. The van der Waals surface area contributed by atoms with E-state index in [1.54, 1.807) is 18.2 Å². The molecule has 4 nitrogen and oxygen atoms in total. The van der Waals surface area contributed by atoms with Crippen LogP contribution in [0.3, 0.4) is 0 Å². The van der Waals surface area contributed by atoms with Gasteiger partial charge in [-0.25, -0.2) is 4.39 Å². The van der Waals surface area contributed by atoms with Gasteiger partial charge in [0.25, 0.3) is 5.91 Å². The van der Waals surface area contributed by atoms with Gasteiger partial charge in [-0.3, -0.25) is 4.79 Å². The number of ether oxygens (including phenoxy) is 1. The highest BCUT2D eigenvalue weighted by Gasteiger charge is 2.08. The number of benzene rings is 2. The highest BCUT2D eigenvalue weighted by atomic mass is 79.9. The summed E-state index contributed by atoms with van der Waals surface area (Å²) in [5, 5.41) is 2.50. The van der Waals surface area contributed by atoms with Crippen molar-refractivity contribution in [2.75, 3.05) is 17.7 Å². The van der Waals surface area contributed by atoms with Crippen molar-refractivity contribution in [2.24, 2.45) is 0 Å². The van der Waals surface area contributed by atoms with Gasteiger partial charge in [0.05, 0.1) is 15.8 Å². The van der Waals surface area contributed by atoms with Crippen LogP contribution in [0.4, 0.5) is 15.8 Å². The number of rotatable bonds is 4. The zero-order valence-corrected chi connectivity index (χ0v) is 12.0. The largest absolute Gasteiger partial charge is 0.483 e. The Labute approximate surface area is 123 Å². The topological polar surface area (TPSA) is 64.3 Å². The number of hydrogen-bond donors (Lipinski definition) is 2. The summed E-state index contributed by atoms with van der Waals surface area (Å²) in [7, 11) is 0. The number of amides is 1. The van der Waals surface area contributed by atoms with Gasteiger partial charge in [0.2, 0.25) is 0 Å². The third-order valence-corrected chi connectivity index (χ3v) is 3.14. The second kappa shape index (κ2) is 6.38. The number of hydrogen-bond acceptors (Lipinski definition) is 3. The number of nitrogens with one attached hydrogen (secondary N) is 1. The fourth-order valence-electron chi connectivity index (χ4n) is 1.53. The van der Waals surface area contributed by atoms with Crippen LogP contribution in [-0.2, 0) is 4.79 Å². The quantitative estimate of drug-likeness (QED) is 0.841. The maximum atomic E-state index is 13.1. The Morgan fingerprint density at radius 3 is 2.80 bits per heavy atom. The summed E-state index contributed by atoms with van der Waals surface area (Å²) < 4.78 is 19.2. The fourth-order valence-corrected chi connectivity index (χ4v) is 1.93. The average Bonchev–Trinajstić information content (AvgIpc) is 2.42. The molecular weight excluding hydrogens is 327 g/mol. The maximum absolute atomic E-state index is 13.1. The van der Waals surface area contributed by atoms with Crippen LogP contribution < -0.4 is 15.8 Å². The summed E-state index contributed by atoms with van der Waals surface area (Å²) in [6.07, 6.45) is 0. The van der Waals surface area contributed by atoms with Crippen molar-refractivity contribution in [3.63, 3.8) is 0 Å². The van der Waals surface area contributed by atoms with E-state index in [0.29, 0.717) is 11.4 Å². The van der Waals surface area contributed by atoms with Gasteiger partial charge < -0.3 is 15.8 Å². The minimum Gasteiger partial charge on any atom is -0.483 e. The van der Waals surface area contributed by atoms with Crippen LogP contribution in [0.2, 0.25) is 0 Å². The van der Waals surface area contributed by atoms with Gasteiger partial charge in [0, 0.05) is 0 Å². The van der Waals surface area contributed by atoms with Crippen LogP contribution in [0.25, 0.3) is 0 Å². The van der Waals surface area contributed by atoms with Crippen LogP contribution in [0, 0.1) is 5.82 Å². The summed E-state index contributed by atoms with van der Waals surface area (Å²) in [6.45, 7) is -0.196. The third-order valence-electron chi connectivity index (χ3n) is 2.48. The molecule has 0 unspecified atom stereocenters. The number of carbonyl (C=O) groups is 1. The summed E-state index contributed by atoms with van der Waals surface area (Å²) in [5.74, 6) is -0.339. The second-order valence-electron chi connectivity index (χ2n) is 4.00. The Kier molecular flexibility index (Phi) is 4.57. The van der Waals surface area contributed by atoms with E-state index >= 15 is 0 Å². The Morgan fingerprint density at radius 2 is 2.05 bits per heavy atom. The first-order chi connectivity index (χ1) is 9.56. The molecule has 0 aliphatic carbocycles. The van der Waals surface area contributed by atoms with Crippen LogP contribution in [-0.4, -0.2) is 12.5 Å². The van der Waals surface area contributed by atoms with Crippen molar-refractivity contribution in [3.05, 3.63) is 52.8 Å². The number of nitrogens with two attached hydrogens (primary N) is 1. The minimum atomic E-state index is -0.471. The molecule has 0 fully saturated rings. The third kappa shape index (κ3) is 3.71. The summed E-state index contributed by atoms with van der Waals surface area (Å²) in [4.78, 5) is 11.7. The van der Waals surface area contributed by atoms with Gasteiger partial charge in [-0.1, -0.05) is 12.1 Å². The van der Waals surface area contributed by atoms with Crippen molar-refractivity contribution in [2.45, 2.75) is 0 Å². The molecule has 6 heteroatoms. The molecule has 3 N–H and O–H groups in total. The lowest BCUT2D eigenvalue weighted by molar-refractivity contribution is -0.118. The SMILES string of the molecule is Nc1ccc(F)cc1NC(=O)COc1ccccc1Br. The van der Waals surface area contributed by atoms with Crippen LogP contribution in [0.1, 0.15) is 0 Å². The number of halogens is 2. The zero-order valence-electron chi connectivity index (χ0n) is 10.4. The summed E-state index contributed by atoms with van der Waals surface area (Å²) in [6, 6.07) is 10.9. The lowest BCUT2D eigenvalue weighted by atomic mass is 10.2. The molecule has 0 aliphatic rings. The molecule has 2 aromatic rings. The number of carbonyl (C=O) groups excluding carboxylic acids is 1. The van der Waals surface area contributed by atoms with Gasteiger partial charge in [-0.2, -0.15) is 0 Å². The van der Waals surface area contributed by atoms with Crippen molar-refractivity contribution in [3.8, 4) is 5.75 Å². The van der Waals surface area contributed by atoms with E-state index in [1.807, 2.05) is 6.07 Å². The normalized spacial score (nSPS) is 10.1. The Balaban J connectivity index is 1.96. The molecule has 0 aliphatic heterocycles. The van der Waals surface area contributed by atoms with Crippen LogP contribution >= 0.6 is 15.9 Å². The number of para-hydroxylation sites is 1. The first-order valence-electron chi connectivity index (χ1n) is 5.78. The molecule has 0 bridgehead atoms. The molecular formula is C14H12BrFN2O2. The van der Waals surface area contributed by atoms with Gasteiger partial charge in [-0.05, 0) is 46.3 Å². The lowest BCUT2D eigenvalue weighted by Crippen LogP contribution is -2.21. The van der Waals surface area contributed by atoms with E-state index in [4.69, 9.17) is 10.5 Å². The standard InChI is InChI=1S/C14H12BrFN2O2/c15-10-3-1-2-4-13(10)20-8-14(19)18-12-7-9(16)5-6-11(12)17/h1-7H,8,17H2,(H,18,19). The Bertz CT molecular complexity index is 634. The molecule has 0 saturated carbocycles. The smallest absolute Gasteiger partial charge is 0.262 e. The van der Waals surface area contributed by atoms with E-state index in [1.165, 1.54) is 12.1 Å². The molecule has 104 valence electrons. The summed E-state index contributed by atoms with van der Waals surface area (Å²) >= 11 is 3.31. The van der Waals surface area contributed by atoms with Gasteiger partial charge >= 0.3 is 0 Å². The molecule has 0 heterocycles. The molecule has 1 amide bonds.